The van der Waals surface area contributed by atoms with Gasteiger partial charge in [-0.1, -0.05) is 28.9 Å². The minimum atomic E-state index is -0.904. The number of nitrogens with two attached hydrogens (primary N) is 1. The molecule has 0 radical (unpaired) electrons. The van der Waals surface area contributed by atoms with Gasteiger partial charge in [0.2, 0.25) is 17.7 Å². The molecular weight excluding hydrogens is 514 g/mol. The summed E-state index contributed by atoms with van der Waals surface area (Å²) >= 11 is 5.88. The van der Waals surface area contributed by atoms with Crippen molar-refractivity contribution in [1.82, 2.24) is 10.2 Å². The molecule has 0 aliphatic carbocycles. The van der Waals surface area contributed by atoms with Crippen molar-refractivity contribution >= 4 is 46.6 Å². The Bertz CT molecular complexity index is 1320. The van der Waals surface area contributed by atoms with E-state index >= 15 is 0 Å². The second-order valence-corrected chi connectivity index (χ2v) is 10.0. The number of anilines is 1. The largest absolute Gasteiger partial charge is 0.484 e. The van der Waals surface area contributed by atoms with Gasteiger partial charge in [0.05, 0.1) is 12.3 Å². The van der Waals surface area contributed by atoms with E-state index in [1.54, 1.807) is 42.5 Å². The number of carbonyl (C=O) groups is 4. The molecule has 3 heterocycles. The van der Waals surface area contributed by atoms with Crippen LogP contribution in [0.15, 0.2) is 53.7 Å². The number of hydrogen-bond donors (Lipinski definition) is 3. The summed E-state index contributed by atoms with van der Waals surface area (Å²) in [5.41, 5.74) is 6.61. The van der Waals surface area contributed by atoms with Gasteiger partial charge in [-0.3, -0.25) is 19.2 Å². The molecule has 38 heavy (non-hydrogen) atoms. The number of amides is 4. The van der Waals surface area contributed by atoms with E-state index in [2.05, 4.69) is 15.8 Å². The first-order valence-corrected chi connectivity index (χ1v) is 12.5. The van der Waals surface area contributed by atoms with E-state index in [1.165, 1.54) is 4.90 Å². The Balaban J connectivity index is 1.23. The van der Waals surface area contributed by atoms with E-state index < -0.39 is 29.5 Å². The van der Waals surface area contributed by atoms with Crippen LogP contribution in [0.5, 0.6) is 5.75 Å². The average Bonchev–Trinajstić information content (AvgIpc) is 3.63. The normalized spacial score (nSPS) is 24.1. The van der Waals surface area contributed by atoms with Gasteiger partial charge in [0.15, 0.2) is 12.2 Å². The molecule has 5 rings (SSSR count). The number of likely N-dealkylation sites (tertiary alicyclic amines) is 1. The van der Waals surface area contributed by atoms with Crippen molar-refractivity contribution in [3.05, 3.63) is 59.1 Å². The van der Waals surface area contributed by atoms with Gasteiger partial charge in [-0.15, -0.1) is 0 Å². The van der Waals surface area contributed by atoms with Crippen LogP contribution in [0.3, 0.4) is 0 Å². The molecule has 198 valence electrons. The Kier molecular flexibility index (Phi) is 6.94. The maximum Gasteiger partial charge on any atom is 0.261 e. The Morgan fingerprint density at radius 2 is 2.03 bits per heavy atom. The van der Waals surface area contributed by atoms with E-state index in [9.17, 15) is 19.2 Å². The summed E-state index contributed by atoms with van der Waals surface area (Å²) in [5, 5.41) is 10.3. The Morgan fingerprint density at radius 3 is 2.74 bits per heavy atom. The van der Waals surface area contributed by atoms with Crippen molar-refractivity contribution < 1.29 is 28.8 Å². The third kappa shape index (κ3) is 5.42. The van der Waals surface area contributed by atoms with Crippen LogP contribution in [0.1, 0.15) is 31.2 Å². The van der Waals surface area contributed by atoms with Crippen molar-refractivity contribution in [2.24, 2.45) is 10.9 Å². The second-order valence-electron chi connectivity index (χ2n) is 9.60. The third-order valence-electron chi connectivity index (χ3n) is 6.84. The van der Waals surface area contributed by atoms with Crippen LogP contribution < -0.4 is 21.1 Å². The maximum atomic E-state index is 13.0. The van der Waals surface area contributed by atoms with Gasteiger partial charge in [-0.25, -0.2) is 0 Å². The molecule has 2 saturated heterocycles. The molecular formula is C26H26ClN5O6. The molecule has 4 N–H and O–H groups in total. The van der Waals surface area contributed by atoms with Crippen LogP contribution in [0.25, 0.3) is 0 Å². The monoisotopic (exact) mass is 539 g/mol. The van der Waals surface area contributed by atoms with Crippen LogP contribution >= 0.6 is 11.6 Å². The molecule has 1 unspecified atom stereocenters. The Hall–Kier alpha value is -4.12. The third-order valence-corrected chi connectivity index (χ3v) is 7.09. The summed E-state index contributed by atoms with van der Waals surface area (Å²) < 4.78 is 5.56. The van der Waals surface area contributed by atoms with Crippen molar-refractivity contribution in [3.63, 3.8) is 0 Å². The van der Waals surface area contributed by atoms with Crippen LogP contribution in [-0.4, -0.2) is 65.1 Å². The SMILES string of the molecule is NC(=O)[C@@H]1CC2(CC(c3cccc(NC(=O)[C@H]4CCC(=O)N4)c3)=NO2)CN1C(=O)COc1ccc(Cl)cc1. The fourth-order valence-electron chi connectivity index (χ4n) is 4.91. The van der Waals surface area contributed by atoms with Crippen molar-refractivity contribution in [2.45, 2.75) is 43.4 Å². The summed E-state index contributed by atoms with van der Waals surface area (Å²) in [6.07, 6.45) is 1.32. The highest BCUT2D eigenvalue weighted by molar-refractivity contribution is 6.30. The minimum absolute atomic E-state index is 0.119. The molecule has 0 aromatic heterocycles. The molecule has 3 atom stereocenters. The van der Waals surface area contributed by atoms with E-state index in [0.29, 0.717) is 41.4 Å². The zero-order chi connectivity index (χ0) is 26.9. The topological polar surface area (TPSA) is 152 Å². The molecule has 3 aliphatic heterocycles. The smallest absolute Gasteiger partial charge is 0.261 e. The molecule has 3 aliphatic rings. The van der Waals surface area contributed by atoms with Gasteiger partial charge in [0.1, 0.15) is 17.8 Å². The number of nitrogens with zero attached hydrogens (tertiary/aromatic N) is 2. The summed E-state index contributed by atoms with van der Waals surface area (Å²) in [5.74, 6) is -0.998. The number of halogens is 1. The molecule has 12 heteroatoms. The van der Waals surface area contributed by atoms with Gasteiger partial charge in [0.25, 0.3) is 5.91 Å². The molecule has 0 bridgehead atoms. The van der Waals surface area contributed by atoms with Gasteiger partial charge in [-0.05, 0) is 42.8 Å². The van der Waals surface area contributed by atoms with E-state index in [4.69, 9.17) is 26.9 Å². The average molecular weight is 540 g/mol. The zero-order valence-corrected chi connectivity index (χ0v) is 21.1. The van der Waals surface area contributed by atoms with Crippen molar-refractivity contribution in [1.29, 1.82) is 0 Å². The number of benzene rings is 2. The summed E-state index contributed by atoms with van der Waals surface area (Å²) in [6, 6.07) is 12.3. The van der Waals surface area contributed by atoms with E-state index in [1.807, 2.05) is 6.07 Å². The first-order valence-electron chi connectivity index (χ1n) is 12.1. The number of primary amides is 1. The molecule has 2 fully saturated rings. The summed E-state index contributed by atoms with van der Waals surface area (Å²) in [7, 11) is 0. The highest BCUT2D eigenvalue weighted by atomic mass is 35.5. The van der Waals surface area contributed by atoms with Gasteiger partial charge in [-0.2, -0.15) is 0 Å². The Labute approximate surface area is 223 Å². The van der Waals surface area contributed by atoms with Crippen LogP contribution in [0, 0.1) is 0 Å². The number of nitrogens with one attached hydrogen (secondary N) is 2. The number of oxime groups is 1. The summed E-state index contributed by atoms with van der Waals surface area (Å²) in [4.78, 5) is 56.3. The molecule has 2 aromatic rings. The predicted octanol–water partition coefficient (Wildman–Crippen LogP) is 1.59. The maximum absolute atomic E-state index is 13.0. The van der Waals surface area contributed by atoms with Gasteiger partial charge < -0.3 is 30.8 Å². The molecule has 2 aromatic carbocycles. The first-order chi connectivity index (χ1) is 18.2. The zero-order valence-electron chi connectivity index (χ0n) is 20.3. The number of hydrogen-bond acceptors (Lipinski definition) is 7. The lowest BCUT2D eigenvalue weighted by Crippen LogP contribution is -2.45. The van der Waals surface area contributed by atoms with Crippen molar-refractivity contribution in [3.8, 4) is 5.75 Å². The molecule has 1 spiro atoms. The van der Waals surface area contributed by atoms with Gasteiger partial charge >= 0.3 is 0 Å². The van der Waals surface area contributed by atoms with E-state index in [-0.39, 0.29) is 31.4 Å². The lowest BCUT2D eigenvalue weighted by molar-refractivity contribution is -0.139. The number of ether oxygens (including phenoxy) is 1. The van der Waals surface area contributed by atoms with Crippen LogP contribution in [0.4, 0.5) is 5.69 Å². The fourth-order valence-corrected chi connectivity index (χ4v) is 5.04. The summed E-state index contributed by atoms with van der Waals surface area (Å²) in [6.45, 7) is -0.160. The predicted molar refractivity (Wildman–Crippen MR) is 137 cm³/mol. The van der Waals surface area contributed by atoms with Crippen LogP contribution in [0.2, 0.25) is 5.02 Å². The first kappa shape index (κ1) is 25.5. The fraction of sp³-hybridized carbons (Fsp3) is 0.346. The number of carbonyl (C=O) groups excluding carboxylic acids is 4. The Morgan fingerprint density at radius 1 is 1.24 bits per heavy atom. The molecule has 11 nitrogen and oxygen atoms in total. The lowest BCUT2D eigenvalue weighted by atomic mass is 9.91. The second kappa shape index (κ2) is 10.3. The lowest BCUT2D eigenvalue weighted by Gasteiger charge is -2.23. The van der Waals surface area contributed by atoms with Crippen molar-refractivity contribution in [2.75, 3.05) is 18.5 Å². The molecule has 0 saturated carbocycles. The van der Waals surface area contributed by atoms with Crippen LogP contribution in [-0.2, 0) is 24.0 Å². The number of rotatable bonds is 7. The highest BCUT2D eigenvalue weighted by Gasteiger charge is 2.53. The minimum Gasteiger partial charge on any atom is -0.484 e. The van der Waals surface area contributed by atoms with E-state index in [0.717, 1.165) is 5.56 Å². The standard InChI is InChI=1S/C26H26ClN5O6/c27-16-4-6-18(7-5-16)37-13-23(34)32-14-26(12-21(32)24(28)35)11-20(31-38-26)15-2-1-3-17(10-15)29-25(36)19-8-9-22(33)30-19/h1-7,10,19,21H,8-9,11-14H2,(H2,28,35)(H,29,36)(H,30,33)/t19-,21+,26?/m1/s1. The highest BCUT2D eigenvalue weighted by Crippen LogP contribution is 2.39. The molecule has 4 amide bonds. The van der Waals surface area contributed by atoms with Gasteiger partial charge in [0, 0.05) is 35.5 Å². The quantitative estimate of drug-likeness (QED) is 0.486.